The standard InChI is InChI=1S/C20H27N3O3S2/c1-3-22(4-2)18-9-7-17(8-10-18)21-20(24)16-11-13-23(14-12-16)28(25,26)19-6-5-15-27-19/h5-10,15-16H,3-4,11-14H2,1-2H3,(H,21,24). The minimum absolute atomic E-state index is 0.0382. The first-order valence-corrected chi connectivity index (χ1v) is 12.0. The van der Waals surface area contributed by atoms with Gasteiger partial charge in [0.05, 0.1) is 0 Å². The first-order chi connectivity index (χ1) is 13.5. The van der Waals surface area contributed by atoms with Crippen LogP contribution in [0, 0.1) is 5.92 Å². The Morgan fingerprint density at radius 3 is 2.32 bits per heavy atom. The van der Waals surface area contributed by atoms with Gasteiger partial charge in [0, 0.05) is 43.5 Å². The van der Waals surface area contributed by atoms with Crippen molar-refractivity contribution in [1.82, 2.24) is 4.31 Å². The zero-order valence-electron chi connectivity index (χ0n) is 16.3. The number of nitrogens with one attached hydrogen (secondary N) is 1. The molecule has 0 atom stereocenters. The highest BCUT2D eigenvalue weighted by molar-refractivity contribution is 7.91. The number of benzene rings is 1. The van der Waals surface area contributed by atoms with Crippen LogP contribution in [0.1, 0.15) is 26.7 Å². The van der Waals surface area contributed by atoms with E-state index in [9.17, 15) is 13.2 Å². The van der Waals surface area contributed by atoms with Gasteiger partial charge in [-0.15, -0.1) is 11.3 Å². The lowest BCUT2D eigenvalue weighted by molar-refractivity contribution is -0.120. The lowest BCUT2D eigenvalue weighted by Crippen LogP contribution is -2.41. The molecule has 0 aliphatic carbocycles. The summed E-state index contributed by atoms with van der Waals surface area (Å²) in [5, 5.41) is 4.73. The van der Waals surface area contributed by atoms with Crippen LogP contribution in [0.5, 0.6) is 0 Å². The summed E-state index contributed by atoms with van der Waals surface area (Å²) in [6.45, 7) is 6.86. The number of nitrogens with zero attached hydrogens (tertiary/aromatic N) is 2. The topological polar surface area (TPSA) is 69.7 Å². The summed E-state index contributed by atoms with van der Waals surface area (Å²) < 4.78 is 27.0. The predicted molar refractivity (Wildman–Crippen MR) is 114 cm³/mol. The molecule has 1 amide bonds. The Hall–Kier alpha value is -1.90. The molecule has 1 aromatic carbocycles. The Morgan fingerprint density at radius 2 is 1.79 bits per heavy atom. The van der Waals surface area contributed by atoms with E-state index < -0.39 is 10.0 Å². The third kappa shape index (κ3) is 4.56. The van der Waals surface area contributed by atoms with Crippen LogP contribution in [-0.2, 0) is 14.8 Å². The highest BCUT2D eigenvalue weighted by atomic mass is 32.2. The zero-order valence-corrected chi connectivity index (χ0v) is 17.9. The van der Waals surface area contributed by atoms with Crippen molar-refractivity contribution in [1.29, 1.82) is 0 Å². The zero-order chi connectivity index (χ0) is 20.1. The molecule has 1 fully saturated rings. The van der Waals surface area contributed by atoms with Crippen LogP contribution in [0.3, 0.4) is 0 Å². The Kier molecular flexibility index (Phi) is 6.74. The van der Waals surface area contributed by atoms with Crippen LogP contribution in [0.25, 0.3) is 0 Å². The number of carbonyl (C=O) groups is 1. The Morgan fingerprint density at radius 1 is 1.14 bits per heavy atom. The number of piperidine rings is 1. The number of thiophene rings is 1. The largest absolute Gasteiger partial charge is 0.372 e. The van der Waals surface area contributed by atoms with Gasteiger partial charge in [0.25, 0.3) is 10.0 Å². The number of hydrogen-bond acceptors (Lipinski definition) is 5. The molecule has 1 aliphatic rings. The normalized spacial score (nSPS) is 16.1. The van der Waals surface area contributed by atoms with E-state index in [1.165, 1.54) is 15.6 Å². The number of rotatable bonds is 7. The maximum atomic E-state index is 12.6. The van der Waals surface area contributed by atoms with E-state index in [1.807, 2.05) is 24.3 Å². The van der Waals surface area contributed by atoms with E-state index in [4.69, 9.17) is 0 Å². The highest BCUT2D eigenvalue weighted by Gasteiger charge is 2.32. The van der Waals surface area contributed by atoms with Crippen LogP contribution >= 0.6 is 11.3 Å². The van der Waals surface area contributed by atoms with Gasteiger partial charge in [0.1, 0.15) is 4.21 Å². The van der Waals surface area contributed by atoms with E-state index in [2.05, 4.69) is 24.1 Å². The lowest BCUT2D eigenvalue weighted by atomic mass is 9.97. The molecule has 0 saturated carbocycles. The third-order valence-electron chi connectivity index (χ3n) is 5.18. The first-order valence-electron chi connectivity index (χ1n) is 9.65. The molecule has 0 bridgehead atoms. The number of anilines is 2. The fourth-order valence-electron chi connectivity index (χ4n) is 3.48. The number of amides is 1. The van der Waals surface area contributed by atoms with Crippen molar-refractivity contribution in [2.24, 2.45) is 5.92 Å². The lowest BCUT2D eigenvalue weighted by Gasteiger charge is -2.30. The average molecular weight is 422 g/mol. The monoisotopic (exact) mass is 421 g/mol. The maximum absolute atomic E-state index is 12.6. The van der Waals surface area contributed by atoms with Gasteiger partial charge in [0.15, 0.2) is 0 Å². The average Bonchev–Trinajstić information content (AvgIpc) is 3.26. The van der Waals surface area contributed by atoms with Gasteiger partial charge in [-0.3, -0.25) is 4.79 Å². The second kappa shape index (κ2) is 9.07. The Bertz CT molecular complexity index is 868. The minimum atomic E-state index is -3.43. The summed E-state index contributed by atoms with van der Waals surface area (Å²) in [5.74, 6) is -0.207. The molecular formula is C20H27N3O3S2. The second-order valence-corrected chi connectivity index (χ2v) is 9.93. The molecule has 152 valence electrons. The van der Waals surface area contributed by atoms with E-state index in [1.54, 1.807) is 17.5 Å². The molecule has 3 rings (SSSR count). The summed E-state index contributed by atoms with van der Waals surface area (Å²) in [6, 6.07) is 11.2. The summed E-state index contributed by atoms with van der Waals surface area (Å²) in [7, 11) is -3.43. The fraction of sp³-hybridized carbons (Fsp3) is 0.450. The van der Waals surface area contributed by atoms with Gasteiger partial charge in [0.2, 0.25) is 5.91 Å². The SMILES string of the molecule is CCN(CC)c1ccc(NC(=O)C2CCN(S(=O)(=O)c3cccs3)CC2)cc1. The van der Waals surface area contributed by atoms with Crippen LogP contribution < -0.4 is 10.2 Å². The smallest absolute Gasteiger partial charge is 0.252 e. The van der Waals surface area contributed by atoms with Gasteiger partial charge in [-0.25, -0.2) is 8.42 Å². The van der Waals surface area contributed by atoms with Crippen molar-refractivity contribution in [2.75, 3.05) is 36.4 Å². The van der Waals surface area contributed by atoms with Crippen LogP contribution in [0.4, 0.5) is 11.4 Å². The van der Waals surface area contributed by atoms with Gasteiger partial charge in [-0.2, -0.15) is 4.31 Å². The van der Waals surface area contributed by atoms with Gasteiger partial charge < -0.3 is 10.2 Å². The van der Waals surface area contributed by atoms with Crippen molar-refractivity contribution in [3.63, 3.8) is 0 Å². The molecule has 0 radical (unpaired) electrons. The van der Waals surface area contributed by atoms with Crippen LogP contribution in [0.2, 0.25) is 0 Å². The fourth-order valence-corrected chi connectivity index (χ4v) is 6.10. The van der Waals surface area contributed by atoms with Gasteiger partial charge >= 0.3 is 0 Å². The Labute approximate surface area is 171 Å². The molecule has 2 aromatic rings. The molecule has 1 saturated heterocycles. The molecular weight excluding hydrogens is 394 g/mol. The summed E-state index contributed by atoms with van der Waals surface area (Å²) in [6.07, 6.45) is 1.07. The quantitative estimate of drug-likeness (QED) is 0.741. The van der Waals surface area contributed by atoms with E-state index >= 15 is 0 Å². The molecule has 28 heavy (non-hydrogen) atoms. The number of hydrogen-bond donors (Lipinski definition) is 1. The molecule has 1 aliphatic heterocycles. The predicted octanol–water partition coefficient (Wildman–Crippen LogP) is 3.63. The van der Waals surface area contributed by atoms with Gasteiger partial charge in [-0.1, -0.05) is 6.07 Å². The van der Waals surface area contributed by atoms with E-state index in [0.29, 0.717) is 30.1 Å². The van der Waals surface area contributed by atoms with Crippen molar-refractivity contribution >= 4 is 38.6 Å². The molecule has 0 spiro atoms. The number of carbonyl (C=O) groups excluding carboxylic acids is 1. The van der Waals surface area contributed by atoms with E-state index in [0.717, 1.165) is 24.5 Å². The molecule has 0 unspecified atom stereocenters. The Balaban J connectivity index is 1.55. The molecule has 6 nitrogen and oxygen atoms in total. The van der Waals surface area contributed by atoms with Crippen LogP contribution in [-0.4, -0.2) is 44.8 Å². The van der Waals surface area contributed by atoms with Crippen molar-refractivity contribution < 1.29 is 13.2 Å². The minimum Gasteiger partial charge on any atom is -0.372 e. The second-order valence-electron chi connectivity index (χ2n) is 6.82. The molecule has 1 aromatic heterocycles. The molecule has 1 N–H and O–H groups in total. The van der Waals surface area contributed by atoms with Gasteiger partial charge in [-0.05, 0) is 62.4 Å². The summed E-state index contributed by atoms with van der Waals surface area (Å²) >= 11 is 1.23. The number of sulfonamides is 1. The van der Waals surface area contributed by atoms with Crippen molar-refractivity contribution in [2.45, 2.75) is 30.9 Å². The van der Waals surface area contributed by atoms with Crippen molar-refractivity contribution in [3.8, 4) is 0 Å². The first kappa shape index (κ1) is 20.8. The molecule has 8 heteroatoms. The third-order valence-corrected chi connectivity index (χ3v) is 8.45. The highest BCUT2D eigenvalue weighted by Crippen LogP contribution is 2.27. The summed E-state index contributed by atoms with van der Waals surface area (Å²) in [5.41, 5.74) is 1.91. The summed E-state index contributed by atoms with van der Waals surface area (Å²) in [4.78, 5) is 14.8. The maximum Gasteiger partial charge on any atom is 0.252 e. The molecule has 2 heterocycles. The van der Waals surface area contributed by atoms with E-state index in [-0.39, 0.29) is 11.8 Å². The van der Waals surface area contributed by atoms with Crippen LogP contribution in [0.15, 0.2) is 46.0 Å². The van der Waals surface area contributed by atoms with Crippen molar-refractivity contribution in [3.05, 3.63) is 41.8 Å².